The van der Waals surface area contributed by atoms with Gasteiger partial charge in [0.05, 0.1) is 6.54 Å². The summed E-state index contributed by atoms with van der Waals surface area (Å²) in [5.41, 5.74) is 0.840. The van der Waals surface area contributed by atoms with Crippen LogP contribution in [0.2, 0.25) is 0 Å². The maximum Gasteiger partial charge on any atom is 0.317 e. The first-order valence-electron chi connectivity index (χ1n) is 6.29. The molecule has 1 N–H and O–H groups in total. The Kier molecular flexibility index (Phi) is 5.78. The second-order valence-electron chi connectivity index (χ2n) is 4.34. The molecule has 1 atom stereocenters. The third-order valence-corrected chi connectivity index (χ3v) is 2.91. The lowest BCUT2D eigenvalue weighted by Crippen LogP contribution is -2.34. The number of nitrogens with zero attached hydrogens (tertiary/aromatic N) is 1. The summed E-state index contributed by atoms with van der Waals surface area (Å²) >= 11 is 0. The van der Waals surface area contributed by atoms with Crippen molar-refractivity contribution in [3.8, 4) is 0 Å². The van der Waals surface area contributed by atoms with Gasteiger partial charge in [-0.3, -0.25) is 9.69 Å². The van der Waals surface area contributed by atoms with E-state index < -0.39 is 5.97 Å². The van der Waals surface area contributed by atoms with Crippen molar-refractivity contribution < 1.29 is 14.3 Å². The molecule has 0 saturated heterocycles. The van der Waals surface area contributed by atoms with Gasteiger partial charge in [-0.15, -0.1) is 0 Å². The molecule has 0 fully saturated rings. The normalized spacial score (nSPS) is 12.7. The highest BCUT2D eigenvalue weighted by Gasteiger charge is 2.20. The fraction of sp³-hybridized carbons (Fsp3) is 0.500. The average molecular weight is 253 g/mol. The zero-order chi connectivity index (χ0) is 13.5. The zero-order valence-electron chi connectivity index (χ0n) is 10.9. The summed E-state index contributed by atoms with van der Waals surface area (Å²) in [6.45, 7) is 4.68. The lowest BCUT2D eigenvalue weighted by atomic mass is 10.0. The Bertz CT molecular complexity index is 395. The van der Waals surface area contributed by atoms with Gasteiger partial charge in [0, 0.05) is 6.04 Å². The van der Waals surface area contributed by atoms with Crippen LogP contribution in [0.1, 0.15) is 38.3 Å². The predicted octanol–water partition coefficient (Wildman–Crippen LogP) is 3.07. The summed E-state index contributed by atoms with van der Waals surface area (Å²) in [5, 5.41) is 8.94. The smallest absolute Gasteiger partial charge is 0.317 e. The molecule has 1 rings (SSSR count). The fourth-order valence-corrected chi connectivity index (χ4v) is 2.22. The maximum absolute atomic E-state index is 13.2. The first kappa shape index (κ1) is 14.6. The molecule has 1 aromatic carbocycles. The second-order valence-corrected chi connectivity index (χ2v) is 4.34. The number of halogens is 1. The Morgan fingerprint density at radius 1 is 1.44 bits per heavy atom. The Balaban J connectivity index is 2.93. The minimum atomic E-state index is -0.849. The number of carboxylic acids is 1. The van der Waals surface area contributed by atoms with E-state index in [0.717, 1.165) is 18.4 Å². The molecule has 3 nitrogen and oxygen atoms in total. The average Bonchev–Trinajstić information content (AvgIpc) is 2.29. The molecule has 18 heavy (non-hydrogen) atoms. The molecule has 1 unspecified atom stereocenters. The van der Waals surface area contributed by atoms with Crippen molar-refractivity contribution in [2.24, 2.45) is 0 Å². The van der Waals surface area contributed by atoms with E-state index in [1.165, 1.54) is 12.1 Å². The summed E-state index contributed by atoms with van der Waals surface area (Å²) in [7, 11) is 0. The summed E-state index contributed by atoms with van der Waals surface area (Å²) in [4.78, 5) is 12.8. The summed E-state index contributed by atoms with van der Waals surface area (Å²) in [6.07, 6.45) is 1.63. The van der Waals surface area contributed by atoms with Crippen LogP contribution in [0.3, 0.4) is 0 Å². The van der Waals surface area contributed by atoms with Crippen LogP contribution >= 0.6 is 0 Å². The van der Waals surface area contributed by atoms with E-state index in [0.29, 0.717) is 6.54 Å². The Hall–Kier alpha value is -1.42. The van der Waals surface area contributed by atoms with Crippen LogP contribution in [0.5, 0.6) is 0 Å². The van der Waals surface area contributed by atoms with Crippen molar-refractivity contribution in [1.29, 1.82) is 0 Å². The standard InChI is InChI=1S/C14H20FNO2/c1-3-8-16(10-14(17)18)13(4-2)11-6-5-7-12(15)9-11/h5-7,9,13H,3-4,8,10H2,1-2H3,(H,17,18). The van der Waals surface area contributed by atoms with Gasteiger partial charge in [0.2, 0.25) is 0 Å². The summed E-state index contributed by atoms with van der Waals surface area (Å²) in [5.74, 6) is -1.13. The van der Waals surface area contributed by atoms with Crippen molar-refractivity contribution >= 4 is 5.97 Å². The van der Waals surface area contributed by atoms with E-state index in [2.05, 4.69) is 0 Å². The van der Waals surface area contributed by atoms with Crippen LogP contribution in [0.4, 0.5) is 4.39 Å². The zero-order valence-corrected chi connectivity index (χ0v) is 10.9. The minimum absolute atomic E-state index is 0.0111. The molecule has 0 spiro atoms. The molecule has 0 heterocycles. The lowest BCUT2D eigenvalue weighted by molar-refractivity contribution is -0.139. The fourth-order valence-electron chi connectivity index (χ4n) is 2.22. The minimum Gasteiger partial charge on any atom is -0.480 e. The number of aliphatic carboxylic acids is 1. The highest BCUT2D eigenvalue weighted by molar-refractivity contribution is 5.69. The van der Waals surface area contributed by atoms with Gasteiger partial charge < -0.3 is 5.11 Å². The van der Waals surface area contributed by atoms with E-state index in [-0.39, 0.29) is 18.4 Å². The van der Waals surface area contributed by atoms with Crippen molar-refractivity contribution in [2.75, 3.05) is 13.1 Å². The molecule has 4 heteroatoms. The van der Waals surface area contributed by atoms with E-state index in [1.54, 1.807) is 6.07 Å². The van der Waals surface area contributed by atoms with Crippen molar-refractivity contribution in [2.45, 2.75) is 32.7 Å². The second kappa shape index (κ2) is 7.11. The van der Waals surface area contributed by atoms with Gasteiger partial charge in [0.15, 0.2) is 0 Å². The van der Waals surface area contributed by atoms with Gasteiger partial charge in [-0.25, -0.2) is 4.39 Å². The molecular formula is C14H20FNO2. The number of rotatable bonds is 7. The molecule has 0 aromatic heterocycles. The van der Waals surface area contributed by atoms with Gasteiger partial charge >= 0.3 is 5.97 Å². The molecule has 100 valence electrons. The third-order valence-electron chi connectivity index (χ3n) is 2.91. The molecule has 0 aliphatic heterocycles. The van der Waals surface area contributed by atoms with E-state index in [9.17, 15) is 9.18 Å². The molecular weight excluding hydrogens is 233 g/mol. The predicted molar refractivity (Wildman–Crippen MR) is 68.9 cm³/mol. The first-order valence-corrected chi connectivity index (χ1v) is 6.29. The van der Waals surface area contributed by atoms with Crippen LogP contribution in [-0.4, -0.2) is 29.1 Å². The van der Waals surface area contributed by atoms with Gasteiger partial charge in [-0.2, -0.15) is 0 Å². The van der Waals surface area contributed by atoms with Crippen LogP contribution in [0.25, 0.3) is 0 Å². The monoisotopic (exact) mass is 253 g/mol. The molecule has 0 aliphatic rings. The highest BCUT2D eigenvalue weighted by Crippen LogP contribution is 2.24. The van der Waals surface area contributed by atoms with Crippen molar-refractivity contribution in [3.63, 3.8) is 0 Å². The number of hydrogen-bond acceptors (Lipinski definition) is 2. The van der Waals surface area contributed by atoms with Crippen molar-refractivity contribution in [3.05, 3.63) is 35.6 Å². The van der Waals surface area contributed by atoms with Gasteiger partial charge in [-0.1, -0.05) is 26.0 Å². The Morgan fingerprint density at radius 3 is 2.67 bits per heavy atom. The molecule has 0 amide bonds. The van der Waals surface area contributed by atoms with E-state index in [4.69, 9.17) is 5.11 Å². The third kappa shape index (κ3) is 4.11. The Morgan fingerprint density at radius 2 is 2.17 bits per heavy atom. The summed E-state index contributed by atoms with van der Waals surface area (Å²) < 4.78 is 13.2. The molecule has 0 saturated carbocycles. The number of carboxylic acid groups (broad SMARTS) is 1. The first-order chi connectivity index (χ1) is 8.58. The van der Waals surface area contributed by atoms with Gasteiger partial charge in [0.25, 0.3) is 0 Å². The number of carbonyl (C=O) groups is 1. The van der Waals surface area contributed by atoms with Gasteiger partial charge in [-0.05, 0) is 37.1 Å². The van der Waals surface area contributed by atoms with Crippen LogP contribution < -0.4 is 0 Å². The molecule has 1 aromatic rings. The molecule has 0 radical (unpaired) electrons. The highest BCUT2D eigenvalue weighted by atomic mass is 19.1. The Labute approximate surface area is 107 Å². The number of hydrogen-bond donors (Lipinski definition) is 1. The van der Waals surface area contributed by atoms with E-state index in [1.807, 2.05) is 24.8 Å². The van der Waals surface area contributed by atoms with Crippen molar-refractivity contribution in [1.82, 2.24) is 4.90 Å². The largest absolute Gasteiger partial charge is 0.480 e. The lowest BCUT2D eigenvalue weighted by Gasteiger charge is -2.29. The molecule has 0 bridgehead atoms. The quantitative estimate of drug-likeness (QED) is 0.811. The molecule has 0 aliphatic carbocycles. The number of benzene rings is 1. The maximum atomic E-state index is 13.2. The van der Waals surface area contributed by atoms with Crippen LogP contribution in [0, 0.1) is 5.82 Å². The van der Waals surface area contributed by atoms with E-state index >= 15 is 0 Å². The van der Waals surface area contributed by atoms with Crippen LogP contribution in [0.15, 0.2) is 24.3 Å². The van der Waals surface area contributed by atoms with Crippen LogP contribution in [-0.2, 0) is 4.79 Å². The topological polar surface area (TPSA) is 40.5 Å². The summed E-state index contributed by atoms with van der Waals surface area (Å²) in [6, 6.07) is 6.35. The van der Waals surface area contributed by atoms with Gasteiger partial charge in [0.1, 0.15) is 5.82 Å². The SMILES string of the molecule is CCCN(CC(=O)O)C(CC)c1cccc(F)c1.